The molecule has 0 saturated carbocycles. The van der Waals surface area contributed by atoms with Crippen LogP contribution in [0.1, 0.15) is 32.5 Å². The van der Waals surface area contributed by atoms with E-state index in [1.165, 1.54) is 32.1 Å². The maximum absolute atomic E-state index is 3.64. The van der Waals surface area contributed by atoms with E-state index in [1.54, 1.807) is 0 Å². The Labute approximate surface area is 106 Å². The molecule has 1 atom stereocenters. The number of rotatable bonds is 1. The van der Waals surface area contributed by atoms with Crippen molar-refractivity contribution in [1.82, 2.24) is 0 Å². The fourth-order valence-corrected chi connectivity index (χ4v) is 3.66. The number of hydrogen-bond acceptors (Lipinski definition) is 2. The van der Waals surface area contributed by atoms with E-state index in [2.05, 4.69) is 50.4 Å². The molecule has 2 heterocycles. The molecule has 0 amide bonds. The van der Waals surface area contributed by atoms with Crippen molar-refractivity contribution in [3.8, 4) is 0 Å². The first kappa shape index (κ1) is 10.8. The van der Waals surface area contributed by atoms with Gasteiger partial charge in [-0.05, 0) is 50.5 Å². The summed E-state index contributed by atoms with van der Waals surface area (Å²) in [6.45, 7) is 6.57. The third-order valence-electron chi connectivity index (χ3n) is 3.47. The average Bonchev–Trinajstić information content (AvgIpc) is 2.80. The quantitative estimate of drug-likeness (QED) is 0.783. The number of anilines is 1. The van der Waals surface area contributed by atoms with Crippen molar-refractivity contribution in [2.45, 2.75) is 33.2 Å². The second-order valence-corrected chi connectivity index (χ2v) is 6.39. The first-order valence-electron chi connectivity index (χ1n) is 6.06. The van der Waals surface area contributed by atoms with Crippen molar-refractivity contribution in [3.63, 3.8) is 0 Å². The smallest absolute Gasteiger partial charge is 0.0565 e. The highest BCUT2D eigenvalue weighted by atomic mass is 32.1. The summed E-state index contributed by atoms with van der Waals surface area (Å²) in [6, 6.07) is 9.49. The highest BCUT2D eigenvalue weighted by molar-refractivity contribution is 7.12. The summed E-state index contributed by atoms with van der Waals surface area (Å²) in [6.07, 6.45) is 1.12. The van der Waals surface area contributed by atoms with Gasteiger partial charge in [0.2, 0.25) is 0 Å². The molecule has 0 radical (unpaired) electrons. The molecule has 2 aromatic rings. The number of hydrogen-bond donors (Lipinski definition) is 1. The molecule has 88 valence electrons. The molecule has 0 spiro atoms. The summed E-state index contributed by atoms with van der Waals surface area (Å²) in [4.78, 5) is 2.86. The standard InChI is InChI=1S/C15H17NS/c1-9-4-5-14-12(6-9)8-15(16-14)13-7-10(2)17-11(13)3/h4-7,15-16H,8H2,1-3H3. The second-order valence-electron chi connectivity index (χ2n) is 4.93. The lowest BCUT2D eigenvalue weighted by atomic mass is 10.0. The Balaban J connectivity index is 1.94. The lowest BCUT2D eigenvalue weighted by Gasteiger charge is -2.10. The van der Waals surface area contributed by atoms with Gasteiger partial charge < -0.3 is 5.32 Å². The van der Waals surface area contributed by atoms with Crippen molar-refractivity contribution >= 4 is 17.0 Å². The maximum Gasteiger partial charge on any atom is 0.0565 e. The van der Waals surface area contributed by atoms with Gasteiger partial charge in [0.25, 0.3) is 0 Å². The minimum Gasteiger partial charge on any atom is -0.378 e. The van der Waals surface area contributed by atoms with Crippen molar-refractivity contribution in [1.29, 1.82) is 0 Å². The average molecular weight is 243 g/mol. The van der Waals surface area contributed by atoms with Crippen molar-refractivity contribution < 1.29 is 0 Å². The molecule has 0 aliphatic carbocycles. The Morgan fingerprint density at radius 1 is 1.18 bits per heavy atom. The molecule has 1 aromatic carbocycles. The highest BCUT2D eigenvalue weighted by Crippen LogP contribution is 2.37. The number of aryl methyl sites for hydroxylation is 3. The summed E-state index contributed by atoms with van der Waals surface area (Å²) in [7, 11) is 0. The van der Waals surface area contributed by atoms with Crippen molar-refractivity contribution in [2.75, 3.05) is 5.32 Å². The molecule has 0 bridgehead atoms. The van der Waals surface area contributed by atoms with Crippen LogP contribution in [0, 0.1) is 20.8 Å². The van der Waals surface area contributed by atoms with Gasteiger partial charge in [-0.2, -0.15) is 0 Å². The van der Waals surface area contributed by atoms with Gasteiger partial charge in [0, 0.05) is 15.4 Å². The Hall–Kier alpha value is -1.28. The molecule has 1 nitrogen and oxygen atoms in total. The minimum atomic E-state index is 0.469. The monoisotopic (exact) mass is 243 g/mol. The molecule has 1 aliphatic heterocycles. The Kier molecular flexibility index (Phi) is 2.48. The van der Waals surface area contributed by atoms with Gasteiger partial charge in [-0.3, -0.25) is 0 Å². The largest absolute Gasteiger partial charge is 0.378 e. The molecule has 1 aliphatic rings. The van der Waals surface area contributed by atoms with Crippen LogP contribution in [-0.2, 0) is 6.42 Å². The second kappa shape index (κ2) is 3.88. The van der Waals surface area contributed by atoms with Crippen LogP contribution in [0.4, 0.5) is 5.69 Å². The SMILES string of the molecule is Cc1ccc2c(c1)CC(c1cc(C)sc1C)N2. The van der Waals surface area contributed by atoms with E-state index in [4.69, 9.17) is 0 Å². The maximum atomic E-state index is 3.64. The van der Waals surface area contributed by atoms with Crippen LogP contribution < -0.4 is 5.32 Å². The van der Waals surface area contributed by atoms with Gasteiger partial charge in [-0.25, -0.2) is 0 Å². The van der Waals surface area contributed by atoms with E-state index < -0.39 is 0 Å². The van der Waals surface area contributed by atoms with Crippen LogP contribution in [-0.4, -0.2) is 0 Å². The lowest BCUT2D eigenvalue weighted by Crippen LogP contribution is -2.05. The van der Waals surface area contributed by atoms with Crippen LogP contribution in [0.5, 0.6) is 0 Å². The molecule has 0 fully saturated rings. The molecule has 1 N–H and O–H groups in total. The minimum absolute atomic E-state index is 0.469. The van der Waals surface area contributed by atoms with Gasteiger partial charge in [-0.15, -0.1) is 11.3 Å². The first-order chi connectivity index (χ1) is 8.13. The zero-order valence-corrected chi connectivity index (χ0v) is 11.3. The zero-order chi connectivity index (χ0) is 12.0. The van der Waals surface area contributed by atoms with E-state index in [9.17, 15) is 0 Å². The number of fused-ring (bicyclic) bond motifs is 1. The molecular weight excluding hydrogens is 226 g/mol. The van der Waals surface area contributed by atoms with E-state index in [1.807, 2.05) is 11.3 Å². The third kappa shape index (κ3) is 1.87. The highest BCUT2D eigenvalue weighted by Gasteiger charge is 2.24. The lowest BCUT2D eigenvalue weighted by molar-refractivity contribution is 0.821. The third-order valence-corrected chi connectivity index (χ3v) is 4.45. The summed E-state index contributed by atoms with van der Waals surface area (Å²) < 4.78 is 0. The Morgan fingerprint density at radius 2 is 2.00 bits per heavy atom. The van der Waals surface area contributed by atoms with Crippen molar-refractivity contribution in [3.05, 3.63) is 50.7 Å². The molecule has 1 unspecified atom stereocenters. The van der Waals surface area contributed by atoms with E-state index >= 15 is 0 Å². The molecule has 3 rings (SSSR count). The number of benzene rings is 1. The van der Waals surface area contributed by atoms with Crippen LogP contribution in [0.25, 0.3) is 0 Å². The van der Waals surface area contributed by atoms with Gasteiger partial charge >= 0.3 is 0 Å². The molecule has 1 aromatic heterocycles. The normalized spacial score (nSPS) is 17.9. The van der Waals surface area contributed by atoms with E-state index in [0.29, 0.717) is 6.04 Å². The fraction of sp³-hybridized carbons (Fsp3) is 0.333. The summed E-state index contributed by atoms with van der Waals surface area (Å²) in [5.41, 5.74) is 5.59. The van der Waals surface area contributed by atoms with Gasteiger partial charge in [0.05, 0.1) is 6.04 Å². The Morgan fingerprint density at radius 3 is 2.71 bits per heavy atom. The van der Waals surface area contributed by atoms with Crippen LogP contribution in [0.2, 0.25) is 0 Å². The number of thiophene rings is 1. The molecule has 17 heavy (non-hydrogen) atoms. The number of nitrogens with one attached hydrogen (secondary N) is 1. The van der Waals surface area contributed by atoms with Gasteiger partial charge in [0.1, 0.15) is 0 Å². The van der Waals surface area contributed by atoms with Crippen LogP contribution >= 0.6 is 11.3 Å². The Bertz CT molecular complexity index is 568. The van der Waals surface area contributed by atoms with Crippen LogP contribution in [0.15, 0.2) is 24.3 Å². The summed E-state index contributed by atoms with van der Waals surface area (Å²) in [5.74, 6) is 0. The van der Waals surface area contributed by atoms with E-state index in [0.717, 1.165) is 6.42 Å². The van der Waals surface area contributed by atoms with Crippen LogP contribution in [0.3, 0.4) is 0 Å². The van der Waals surface area contributed by atoms with Gasteiger partial charge in [0.15, 0.2) is 0 Å². The fourth-order valence-electron chi connectivity index (χ4n) is 2.67. The predicted octanol–water partition coefficient (Wildman–Crippen LogP) is 4.38. The molecule has 2 heteroatoms. The van der Waals surface area contributed by atoms with Crippen molar-refractivity contribution in [2.24, 2.45) is 0 Å². The first-order valence-corrected chi connectivity index (χ1v) is 6.88. The summed E-state index contributed by atoms with van der Waals surface area (Å²) >= 11 is 1.90. The predicted molar refractivity (Wildman–Crippen MR) is 75.0 cm³/mol. The molecular formula is C15H17NS. The topological polar surface area (TPSA) is 12.0 Å². The zero-order valence-electron chi connectivity index (χ0n) is 10.5. The van der Waals surface area contributed by atoms with E-state index in [-0.39, 0.29) is 0 Å². The summed E-state index contributed by atoms with van der Waals surface area (Å²) in [5, 5.41) is 3.64. The molecule has 0 saturated heterocycles. The van der Waals surface area contributed by atoms with Gasteiger partial charge in [-0.1, -0.05) is 17.7 Å².